The number of carbonyl (C=O) groups excluding carboxylic acids is 2. The average Bonchev–Trinajstić information content (AvgIpc) is 3.39. The van der Waals surface area contributed by atoms with Gasteiger partial charge in [0.05, 0.1) is 23.8 Å². The van der Waals surface area contributed by atoms with Crippen LogP contribution in [-0.2, 0) is 4.79 Å². The third-order valence-corrected chi connectivity index (χ3v) is 5.87. The van der Waals surface area contributed by atoms with E-state index in [0.29, 0.717) is 23.7 Å². The molecule has 2 aliphatic heterocycles. The second-order valence-corrected chi connectivity index (χ2v) is 7.78. The summed E-state index contributed by atoms with van der Waals surface area (Å²) >= 11 is 6.00. The maximum atomic E-state index is 13.2. The van der Waals surface area contributed by atoms with Crippen LogP contribution in [0.5, 0.6) is 0 Å². The largest absolute Gasteiger partial charge is 0.472 e. The molecule has 4 rings (SSSR count). The highest BCUT2D eigenvalue weighted by Crippen LogP contribution is 2.35. The number of amides is 2. The van der Waals surface area contributed by atoms with Crippen LogP contribution in [-0.4, -0.2) is 41.2 Å². The van der Waals surface area contributed by atoms with Gasteiger partial charge in [-0.2, -0.15) is 0 Å². The van der Waals surface area contributed by atoms with Crippen molar-refractivity contribution in [1.29, 1.82) is 0 Å². The Bertz CT molecular complexity index is 803. The smallest absolute Gasteiger partial charge is 0.257 e. The van der Waals surface area contributed by atoms with E-state index in [4.69, 9.17) is 16.0 Å². The molecule has 5 nitrogen and oxygen atoms in total. The summed E-state index contributed by atoms with van der Waals surface area (Å²) in [5.41, 5.74) is 1.68. The molecule has 27 heavy (non-hydrogen) atoms. The molecule has 0 spiro atoms. The Kier molecular flexibility index (Phi) is 5.21. The molecule has 2 saturated heterocycles. The van der Waals surface area contributed by atoms with Crippen LogP contribution >= 0.6 is 11.6 Å². The van der Waals surface area contributed by atoms with E-state index in [1.807, 2.05) is 29.2 Å². The van der Waals surface area contributed by atoms with Crippen molar-refractivity contribution in [3.05, 3.63) is 59.0 Å². The minimum absolute atomic E-state index is 0.0584. The SMILES string of the molecule is O=C(c1ccoc1)N1CCCC(C(=O)N2CCCC2c2ccc(Cl)cc2)C1. The quantitative estimate of drug-likeness (QED) is 0.796. The zero-order valence-corrected chi connectivity index (χ0v) is 15.9. The van der Waals surface area contributed by atoms with Crippen LogP contribution in [0, 0.1) is 5.92 Å². The molecule has 0 saturated carbocycles. The van der Waals surface area contributed by atoms with Gasteiger partial charge in [-0.1, -0.05) is 23.7 Å². The van der Waals surface area contributed by atoms with Gasteiger partial charge in [0.15, 0.2) is 0 Å². The zero-order valence-electron chi connectivity index (χ0n) is 15.1. The van der Waals surface area contributed by atoms with Crippen molar-refractivity contribution in [3.8, 4) is 0 Å². The number of rotatable bonds is 3. The number of benzene rings is 1. The highest BCUT2D eigenvalue weighted by atomic mass is 35.5. The van der Waals surface area contributed by atoms with Crippen molar-refractivity contribution in [2.24, 2.45) is 5.92 Å². The van der Waals surface area contributed by atoms with Crippen molar-refractivity contribution in [2.45, 2.75) is 31.7 Å². The number of furan rings is 1. The first-order valence-electron chi connectivity index (χ1n) is 9.51. The van der Waals surface area contributed by atoms with E-state index >= 15 is 0 Å². The van der Waals surface area contributed by atoms with Gasteiger partial charge in [0.1, 0.15) is 6.26 Å². The molecule has 2 fully saturated rings. The zero-order chi connectivity index (χ0) is 18.8. The predicted octanol–water partition coefficient (Wildman–Crippen LogP) is 4.15. The predicted molar refractivity (Wildman–Crippen MR) is 102 cm³/mol. The van der Waals surface area contributed by atoms with Gasteiger partial charge in [0.2, 0.25) is 5.91 Å². The summed E-state index contributed by atoms with van der Waals surface area (Å²) in [4.78, 5) is 29.6. The van der Waals surface area contributed by atoms with Crippen molar-refractivity contribution >= 4 is 23.4 Å². The number of hydrogen-bond donors (Lipinski definition) is 0. The third-order valence-electron chi connectivity index (χ3n) is 5.62. The number of carbonyl (C=O) groups is 2. The molecule has 142 valence electrons. The Labute approximate surface area is 163 Å². The van der Waals surface area contributed by atoms with Gasteiger partial charge in [-0.3, -0.25) is 9.59 Å². The molecular formula is C21H23ClN2O3. The number of piperidine rings is 1. The maximum absolute atomic E-state index is 13.2. The summed E-state index contributed by atoms with van der Waals surface area (Å²) in [7, 11) is 0. The number of halogens is 1. The van der Waals surface area contributed by atoms with E-state index in [1.54, 1.807) is 11.0 Å². The van der Waals surface area contributed by atoms with Gasteiger partial charge in [0.25, 0.3) is 5.91 Å². The summed E-state index contributed by atoms with van der Waals surface area (Å²) < 4.78 is 5.02. The Morgan fingerprint density at radius 2 is 1.81 bits per heavy atom. The van der Waals surface area contributed by atoms with Crippen LogP contribution in [0.25, 0.3) is 0 Å². The molecule has 0 bridgehead atoms. The Morgan fingerprint density at radius 1 is 1.04 bits per heavy atom. The summed E-state index contributed by atoms with van der Waals surface area (Å²) in [5.74, 6) is -0.0310. The van der Waals surface area contributed by atoms with Crippen molar-refractivity contribution in [2.75, 3.05) is 19.6 Å². The van der Waals surface area contributed by atoms with E-state index in [0.717, 1.165) is 37.8 Å². The lowest BCUT2D eigenvalue weighted by Crippen LogP contribution is -2.46. The Morgan fingerprint density at radius 3 is 2.56 bits per heavy atom. The molecule has 0 radical (unpaired) electrons. The lowest BCUT2D eigenvalue weighted by molar-refractivity contribution is -0.137. The van der Waals surface area contributed by atoms with Crippen LogP contribution in [0.2, 0.25) is 5.02 Å². The lowest BCUT2D eigenvalue weighted by atomic mass is 9.95. The Balaban J connectivity index is 1.46. The molecule has 6 heteroatoms. The summed E-state index contributed by atoms with van der Waals surface area (Å²) in [6, 6.07) is 9.55. The topological polar surface area (TPSA) is 53.8 Å². The van der Waals surface area contributed by atoms with E-state index < -0.39 is 0 Å². The molecule has 3 heterocycles. The second-order valence-electron chi connectivity index (χ2n) is 7.34. The summed E-state index contributed by atoms with van der Waals surface area (Å²) in [6.07, 6.45) is 6.62. The van der Waals surface area contributed by atoms with Gasteiger partial charge >= 0.3 is 0 Å². The van der Waals surface area contributed by atoms with Gasteiger partial charge in [-0.15, -0.1) is 0 Å². The van der Waals surface area contributed by atoms with E-state index in [2.05, 4.69) is 0 Å². The highest BCUT2D eigenvalue weighted by Gasteiger charge is 2.36. The minimum atomic E-state index is -0.137. The molecule has 2 atom stereocenters. The fourth-order valence-corrected chi connectivity index (χ4v) is 4.35. The van der Waals surface area contributed by atoms with E-state index in [-0.39, 0.29) is 23.8 Å². The van der Waals surface area contributed by atoms with Crippen LogP contribution in [0.4, 0.5) is 0 Å². The van der Waals surface area contributed by atoms with Crippen molar-refractivity contribution in [1.82, 2.24) is 9.80 Å². The maximum Gasteiger partial charge on any atom is 0.257 e. The highest BCUT2D eigenvalue weighted by molar-refractivity contribution is 6.30. The normalized spacial score (nSPS) is 22.9. The van der Waals surface area contributed by atoms with Crippen LogP contribution in [0.15, 0.2) is 47.3 Å². The van der Waals surface area contributed by atoms with Crippen LogP contribution < -0.4 is 0 Å². The van der Waals surface area contributed by atoms with E-state index in [1.165, 1.54) is 12.5 Å². The molecule has 2 aliphatic rings. The first-order valence-corrected chi connectivity index (χ1v) is 9.88. The van der Waals surface area contributed by atoms with Gasteiger partial charge in [-0.05, 0) is 49.4 Å². The molecule has 2 amide bonds. The fraction of sp³-hybridized carbons (Fsp3) is 0.429. The molecule has 1 aromatic heterocycles. The number of hydrogen-bond acceptors (Lipinski definition) is 3. The molecule has 1 aromatic carbocycles. The molecule has 0 N–H and O–H groups in total. The Hall–Kier alpha value is -2.27. The molecule has 2 aromatic rings. The standard InChI is InChI=1S/C21H23ClN2O3/c22-18-7-5-15(6-8-18)19-4-2-11-24(19)21(26)16-3-1-10-23(13-16)20(25)17-9-12-27-14-17/h5-9,12,14,16,19H,1-4,10-11,13H2. The first-order chi connectivity index (χ1) is 13.1. The monoisotopic (exact) mass is 386 g/mol. The number of nitrogens with zero attached hydrogens (tertiary/aromatic N) is 2. The summed E-state index contributed by atoms with van der Waals surface area (Å²) in [5, 5.41) is 0.704. The second kappa shape index (κ2) is 7.77. The third kappa shape index (κ3) is 3.74. The number of likely N-dealkylation sites (tertiary alicyclic amines) is 2. The van der Waals surface area contributed by atoms with Gasteiger partial charge in [-0.25, -0.2) is 0 Å². The van der Waals surface area contributed by atoms with Crippen LogP contribution in [0.1, 0.15) is 47.6 Å². The summed E-state index contributed by atoms with van der Waals surface area (Å²) in [6.45, 7) is 1.94. The van der Waals surface area contributed by atoms with Crippen molar-refractivity contribution < 1.29 is 14.0 Å². The van der Waals surface area contributed by atoms with E-state index in [9.17, 15) is 9.59 Å². The van der Waals surface area contributed by atoms with Gasteiger partial charge < -0.3 is 14.2 Å². The van der Waals surface area contributed by atoms with Crippen molar-refractivity contribution in [3.63, 3.8) is 0 Å². The molecule has 2 unspecified atom stereocenters. The lowest BCUT2D eigenvalue weighted by Gasteiger charge is -2.35. The van der Waals surface area contributed by atoms with Crippen LogP contribution in [0.3, 0.4) is 0 Å². The minimum Gasteiger partial charge on any atom is -0.472 e. The molecular weight excluding hydrogens is 364 g/mol. The first kappa shape index (κ1) is 18.1. The van der Waals surface area contributed by atoms with Gasteiger partial charge in [0, 0.05) is 24.7 Å². The average molecular weight is 387 g/mol. The molecule has 0 aliphatic carbocycles. The fourth-order valence-electron chi connectivity index (χ4n) is 4.23.